The van der Waals surface area contributed by atoms with Gasteiger partial charge in [0.25, 0.3) is 0 Å². The van der Waals surface area contributed by atoms with Crippen molar-refractivity contribution >= 4 is 47.8 Å². The van der Waals surface area contributed by atoms with E-state index in [1.165, 1.54) is 0 Å². The highest BCUT2D eigenvalue weighted by molar-refractivity contribution is 6.10. The molecule has 25 N–H and O–H groups in total. The molecular formula is C68H50O44. The molecule has 0 bridgehead atoms. The topological polar surface area (TPSA) is 744 Å². The van der Waals surface area contributed by atoms with Crippen LogP contribution in [0.15, 0.2) is 66.7 Å². The minimum Gasteiger partial charge on any atom is -0.504 e. The first-order valence-electron chi connectivity index (χ1n) is 31.1. The van der Waals surface area contributed by atoms with E-state index < -0.39 is 333 Å². The zero-order valence-electron chi connectivity index (χ0n) is 55.0. The summed E-state index contributed by atoms with van der Waals surface area (Å²) in [5.41, 5.74) is -14.4. The maximum atomic E-state index is 15.4. The van der Waals surface area contributed by atoms with Gasteiger partial charge in [0.1, 0.15) is 43.2 Å². The number of fused-ring (bicyclic) bond motifs is 8. The summed E-state index contributed by atoms with van der Waals surface area (Å²) >= 11 is 0. The van der Waals surface area contributed by atoms with Gasteiger partial charge in [-0.15, -0.1) is 0 Å². The van der Waals surface area contributed by atoms with E-state index in [4.69, 9.17) is 52.1 Å². The van der Waals surface area contributed by atoms with Crippen LogP contribution in [0.2, 0.25) is 0 Å². The van der Waals surface area contributed by atoms with Gasteiger partial charge in [-0.3, -0.25) is 0 Å². The number of phenols is 23. The van der Waals surface area contributed by atoms with Crippen molar-refractivity contribution in [2.24, 2.45) is 0 Å². The fourth-order valence-corrected chi connectivity index (χ4v) is 11.8. The summed E-state index contributed by atoms with van der Waals surface area (Å²) in [6, 6.07) is 4.26. The van der Waals surface area contributed by atoms with Crippen LogP contribution in [0.5, 0.6) is 144 Å². The second-order valence-corrected chi connectivity index (χ2v) is 24.3. The Morgan fingerprint density at radius 2 is 0.714 bits per heavy atom. The molecule has 12 rings (SSSR count). The molecule has 4 aliphatic heterocycles. The summed E-state index contributed by atoms with van der Waals surface area (Å²) in [6.07, 6.45) is -26.0. The van der Waals surface area contributed by atoms with Crippen molar-refractivity contribution in [2.45, 2.75) is 61.4 Å². The van der Waals surface area contributed by atoms with E-state index >= 15 is 9.59 Å². The second-order valence-electron chi connectivity index (χ2n) is 24.3. The number of aliphatic hydroxyl groups excluding tert-OH is 2. The molecule has 44 nitrogen and oxygen atoms in total. The van der Waals surface area contributed by atoms with E-state index in [0.29, 0.717) is 42.5 Å². The number of carbonyl (C=O) groups excluding carboxylic acids is 8. The number of hydrogen-bond donors (Lipinski definition) is 25. The Morgan fingerprint density at radius 3 is 1.16 bits per heavy atom. The number of carbonyl (C=O) groups is 8. The molecule has 0 saturated carbocycles. The monoisotopic (exact) mass is 1570 g/mol. The number of aliphatic hydroxyl groups is 2. The van der Waals surface area contributed by atoms with E-state index in [9.17, 15) is 156 Å². The summed E-state index contributed by atoms with van der Waals surface area (Å²) < 4.78 is 61.4. The van der Waals surface area contributed by atoms with Gasteiger partial charge in [0.05, 0.1) is 38.9 Å². The smallest absolute Gasteiger partial charge is 0.342 e. The minimum atomic E-state index is -2.93. The number of hydrogen-bond acceptors (Lipinski definition) is 44. The largest absolute Gasteiger partial charge is 0.504 e. The standard InChI is InChI=1S/C68H50O44/c69-22-1-14(2-23(70)39(22)79)59(94)102-13-34-56(57-58(68(106-34)112-61(96)16-5-26(73)41(81)27(74)6-16)110-65(100)19-9-30(77)43(83)48(88)36(19)35-18(64(99)109-57)8-29(76)42(82)47(35)87)108-66(101)21-10-31(78)45(85)51(91)54(21)104-32-11-20-38(50(90)46(32)86)37-17(7-28(75)44(84)49(37)89)63(98)107-55-33(12-103-62(20)97)105-67(53(93)52(55)92)111-60(95)15-3-24(71)40(80)25(72)4-15/h1-11,33-34,52-53,55-58,67-93H,12-13H2. The van der Waals surface area contributed by atoms with Gasteiger partial charge in [-0.1, -0.05) is 0 Å². The number of cyclic esters (lactones) is 1. The van der Waals surface area contributed by atoms with Gasteiger partial charge >= 0.3 is 47.8 Å². The molecule has 2 saturated heterocycles. The van der Waals surface area contributed by atoms with Gasteiger partial charge in [0, 0.05) is 34.4 Å². The Bertz CT molecular complexity index is 5320. The van der Waals surface area contributed by atoms with Crippen molar-refractivity contribution in [2.75, 3.05) is 13.2 Å². The molecular weight excluding hydrogens is 1520 g/mol. The van der Waals surface area contributed by atoms with Crippen molar-refractivity contribution in [1.29, 1.82) is 0 Å². The van der Waals surface area contributed by atoms with Gasteiger partial charge in [-0.25, -0.2) is 38.4 Å². The average molecular weight is 1570 g/mol. The van der Waals surface area contributed by atoms with Crippen LogP contribution in [0.1, 0.15) is 82.9 Å². The molecule has 0 spiro atoms. The highest BCUT2D eigenvalue weighted by Gasteiger charge is 2.57. The Kier molecular flexibility index (Phi) is 19.3. The summed E-state index contributed by atoms with van der Waals surface area (Å²) in [5.74, 6) is -51.1. The molecule has 44 heteroatoms. The molecule has 0 aromatic heterocycles. The molecule has 8 aromatic rings. The average Bonchev–Trinajstić information content (AvgIpc) is 0.934. The van der Waals surface area contributed by atoms with E-state index in [1.54, 1.807) is 0 Å². The lowest BCUT2D eigenvalue weighted by molar-refractivity contribution is -0.284. The fourth-order valence-electron chi connectivity index (χ4n) is 11.8. The van der Waals surface area contributed by atoms with E-state index in [-0.39, 0.29) is 24.3 Å². The number of phenolic OH excluding ortho intramolecular Hbond substituents is 23. The lowest BCUT2D eigenvalue weighted by atomic mass is 9.91. The molecule has 8 aromatic carbocycles. The van der Waals surface area contributed by atoms with Crippen LogP contribution in [-0.2, 0) is 47.4 Å². The molecule has 4 aliphatic rings. The van der Waals surface area contributed by atoms with Crippen molar-refractivity contribution in [3.8, 4) is 166 Å². The number of rotatable bonds is 11. The number of esters is 8. The van der Waals surface area contributed by atoms with Crippen molar-refractivity contribution in [3.63, 3.8) is 0 Å². The quantitative estimate of drug-likeness (QED) is 0.0498. The molecule has 0 radical (unpaired) electrons. The molecule has 0 amide bonds. The Morgan fingerprint density at radius 1 is 0.348 bits per heavy atom. The molecule has 10 atom stereocenters. The Labute approximate surface area is 616 Å². The molecule has 0 aliphatic carbocycles. The molecule has 10 unspecified atom stereocenters. The SMILES string of the molecule is O=C(OCC1OC(OC(=O)c2cc(O)c(O)c(O)c2)C2OC(=O)c3cc(O)c(O)c(O)c3-c3c(cc(O)c(O)c3O)C(=O)OC2C1OC(=O)c1cc(O)c(O)c(O)c1Oc1cc2c(c(O)c1O)-c1c(cc(O)c(O)c1O)C(=O)OC1C(COC2=O)OC(OC(=O)c2cc(O)c(O)c(O)c2)C(O)C1O)c1cc(O)c(O)c(O)c1. The van der Waals surface area contributed by atoms with Crippen LogP contribution in [0.25, 0.3) is 22.3 Å². The molecule has 112 heavy (non-hydrogen) atoms. The summed E-state index contributed by atoms with van der Waals surface area (Å²) in [7, 11) is 0. The van der Waals surface area contributed by atoms with Crippen molar-refractivity contribution in [1.82, 2.24) is 0 Å². The van der Waals surface area contributed by atoms with Crippen LogP contribution in [-0.4, -0.2) is 250 Å². The maximum Gasteiger partial charge on any atom is 0.342 e. The zero-order chi connectivity index (χ0) is 81.7. The van der Waals surface area contributed by atoms with Crippen molar-refractivity contribution in [3.05, 3.63) is 111 Å². The molecule has 586 valence electrons. The molecule has 4 heterocycles. The van der Waals surface area contributed by atoms with Crippen LogP contribution >= 0.6 is 0 Å². The first kappa shape index (κ1) is 76.2. The zero-order valence-corrected chi connectivity index (χ0v) is 55.0. The number of ether oxygens (including phenoxy) is 11. The van der Waals surface area contributed by atoms with Gasteiger partial charge in [0.15, 0.2) is 128 Å². The van der Waals surface area contributed by atoms with Gasteiger partial charge in [-0.2, -0.15) is 0 Å². The minimum absolute atomic E-state index is 0.138. The predicted molar refractivity (Wildman–Crippen MR) is 345 cm³/mol. The highest BCUT2D eigenvalue weighted by atomic mass is 16.8. The number of aromatic hydroxyl groups is 23. The van der Waals surface area contributed by atoms with E-state index in [2.05, 4.69) is 0 Å². The van der Waals surface area contributed by atoms with Crippen LogP contribution in [0.3, 0.4) is 0 Å². The molecule has 2 fully saturated rings. The first-order valence-corrected chi connectivity index (χ1v) is 31.1. The highest BCUT2D eigenvalue weighted by Crippen LogP contribution is 2.58. The Hall–Kier alpha value is -15.4. The summed E-state index contributed by atoms with van der Waals surface area (Å²) in [5, 5.41) is 271. The normalized spacial score (nSPS) is 20.6. The predicted octanol–water partition coefficient (Wildman–Crippen LogP) is 1.77. The van der Waals surface area contributed by atoms with Crippen molar-refractivity contribution < 1.29 is 218 Å². The van der Waals surface area contributed by atoms with Crippen LogP contribution in [0.4, 0.5) is 0 Å². The van der Waals surface area contributed by atoms with Crippen LogP contribution < -0.4 is 4.74 Å². The van der Waals surface area contributed by atoms with Crippen LogP contribution in [0, 0.1) is 0 Å². The van der Waals surface area contributed by atoms with E-state index in [1.807, 2.05) is 0 Å². The van der Waals surface area contributed by atoms with E-state index in [0.717, 1.165) is 0 Å². The number of benzene rings is 8. The summed E-state index contributed by atoms with van der Waals surface area (Å²) in [4.78, 5) is 116. The lowest BCUT2D eigenvalue weighted by Crippen LogP contribution is -2.63. The Balaban J connectivity index is 0.987. The van der Waals surface area contributed by atoms with Gasteiger partial charge in [-0.05, 0) is 54.6 Å². The van der Waals surface area contributed by atoms with Gasteiger partial charge in [0.2, 0.25) is 53.2 Å². The second kappa shape index (κ2) is 28.4. The van der Waals surface area contributed by atoms with Gasteiger partial charge < -0.3 is 180 Å². The lowest BCUT2D eigenvalue weighted by Gasteiger charge is -2.44. The third kappa shape index (κ3) is 13.2. The third-order valence-electron chi connectivity index (χ3n) is 17.3. The summed E-state index contributed by atoms with van der Waals surface area (Å²) in [6.45, 7) is -2.92. The fraction of sp³-hybridized carbons (Fsp3) is 0.176. The maximum absolute atomic E-state index is 15.4. The first-order chi connectivity index (χ1) is 52.7. The third-order valence-corrected chi connectivity index (χ3v) is 17.3.